The van der Waals surface area contributed by atoms with Crippen molar-refractivity contribution in [2.75, 3.05) is 5.32 Å². The van der Waals surface area contributed by atoms with Gasteiger partial charge in [0, 0.05) is 10.8 Å². The molecule has 1 aliphatic rings. The molecule has 1 aromatic heterocycles. The maximum atomic E-state index is 11.8. The molecule has 0 saturated heterocycles. The highest BCUT2D eigenvalue weighted by atomic mass is 32.1. The standard InChI is InChI=1S/C15H21N3O2S2/c1-8(2)13(20)17-15(21)18-14-11(12(16)19)9-6-4-3-5-7-10(9)22-14/h8H,3-7H2,1-2H3,(H2,16,19)(H2,17,18,20,21). The molecule has 2 rings (SSSR count). The van der Waals surface area contributed by atoms with Gasteiger partial charge in [-0.2, -0.15) is 0 Å². The van der Waals surface area contributed by atoms with Crippen molar-refractivity contribution in [1.29, 1.82) is 0 Å². The third kappa shape index (κ3) is 3.84. The minimum atomic E-state index is -0.445. The van der Waals surface area contributed by atoms with Gasteiger partial charge >= 0.3 is 0 Å². The molecule has 1 heterocycles. The predicted octanol–water partition coefficient (Wildman–Crippen LogP) is 2.58. The van der Waals surface area contributed by atoms with E-state index in [1.807, 2.05) is 0 Å². The van der Waals surface area contributed by atoms with E-state index >= 15 is 0 Å². The molecule has 0 aromatic carbocycles. The lowest BCUT2D eigenvalue weighted by atomic mass is 10.1. The van der Waals surface area contributed by atoms with Gasteiger partial charge in [-0.3, -0.25) is 9.59 Å². The van der Waals surface area contributed by atoms with E-state index in [9.17, 15) is 9.59 Å². The first-order valence-electron chi connectivity index (χ1n) is 7.46. The smallest absolute Gasteiger partial charge is 0.251 e. The van der Waals surface area contributed by atoms with Crippen LogP contribution < -0.4 is 16.4 Å². The van der Waals surface area contributed by atoms with Crippen molar-refractivity contribution in [2.45, 2.75) is 46.0 Å². The first-order valence-corrected chi connectivity index (χ1v) is 8.68. The topological polar surface area (TPSA) is 84.2 Å². The molecule has 0 saturated carbocycles. The molecule has 0 bridgehead atoms. The molecule has 120 valence electrons. The van der Waals surface area contributed by atoms with E-state index in [-0.39, 0.29) is 16.9 Å². The number of hydrogen-bond donors (Lipinski definition) is 3. The number of amides is 2. The van der Waals surface area contributed by atoms with Gasteiger partial charge < -0.3 is 16.4 Å². The van der Waals surface area contributed by atoms with Gasteiger partial charge in [0.25, 0.3) is 5.91 Å². The largest absolute Gasteiger partial charge is 0.365 e. The summed E-state index contributed by atoms with van der Waals surface area (Å²) in [5.41, 5.74) is 7.14. The summed E-state index contributed by atoms with van der Waals surface area (Å²) < 4.78 is 0. The van der Waals surface area contributed by atoms with Crippen molar-refractivity contribution in [2.24, 2.45) is 11.7 Å². The number of anilines is 1. The van der Waals surface area contributed by atoms with Crippen LogP contribution in [0.25, 0.3) is 0 Å². The fraction of sp³-hybridized carbons (Fsp3) is 0.533. The molecule has 22 heavy (non-hydrogen) atoms. The number of primary amides is 1. The molecular weight excluding hydrogens is 318 g/mol. The average Bonchev–Trinajstić information content (AvgIpc) is 2.60. The van der Waals surface area contributed by atoms with Gasteiger partial charge in [0.1, 0.15) is 5.00 Å². The van der Waals surface area contributed by atoms with Crippen LogP contribution in [0.5, 0.6) is 0 Å². The van der Waals surface area contributed by atoms with Crippen LogP contribution in [-0.4, -0.2) is 16.9 Å². The SMILES string of the molecule is CC(C)C(=O)NC(=S)Nc1sc2c(c1C(N)=O)CCCCC2. The Morgan fingerprint density at radius 1 is 1.23 bits per heavy atom. The van der Waals surface area contributed by atoms with Crippen LogP contribution in [0.4, 0.5) is 5.00 Å². The van der Waals surface area contributed by atoms with Gasteiger partial charge in [-0.25, -0.2) is 0 Å². The van der Waals surface area contributed by atoms with Crippen LogP contribution >= 0.6 is 23.6 Å². The van der Waals surface area contributed by atoms with Crippen molar-refractivity contribution >= 4 is 45.5 Å². The molecule has 5 nitrogen and oxygen atoms in total. The Labute approximate surface area is 139 Å². The normalized spacial score (nSPS) is 14.1. The molecule has 1 aromatic rings. The lowest BCUT2D eigenvalue weighted by Gasteiger charge is -2.11. The summed E-state index contributed by atoms with van der Waals surface area (Å²) in [6.45, 7) is 3.58. The molecular formula is C15H21N3O2S2. The third-order valence-corrected chi connectivity index (χ3v) is 5.07. The van der Waals surface area contributed by atoms with Crippen LogP contribution in [0.15, 0.2) is 0 Å². The maximum Gasteiger partial charge on any atom is 0.251 e. The number of aryl methyl sites for hydroxylation is 1. The molecule has 0 fully saturated rings. The Bertz CT molecular complexity index is 608. The lowest BCUT2D eigenvalue weighted by molar-refractivity contribution is -0.122. The number of carbonyl (C=O) groups is 2. The lowest BCUT2D eigenvalue weighted by Crippen LogP contribution is -2.36. The van der Waals surface area contributed by atoms with Crippen molar-refractivity contribution in [1.82, 2.24) is 5.32 Å². The summed E-state index contributed by atoms with van der Waals surface area (Å²) in [5.74, 6) is -0.758. The third-order valence-electron chi connectivity index (χ3n) is 3.66. The second kappa shape index (κ2) is 7.19. The van der Waals surface area contributed by atoms with Crippen LogP contribution in [-0.2, 0) is 17.6 Å². The van der Waals surface area contributed by atoms with Gasteiger partial charge in [-0.05, 0) is 43.5 Å². The van der Waals surface area contributed by atoms with E-state index < -0.39 is 5.91 Å². The number of thiophene rings is 1. The number of thiocarbonyl (C=S) groups is 1. The Balaban J connectivity index is 2.22. The molecule has 7 heteroatoms. The van der Waals surface area contributed by atoms with Crippen LogP contribution in [0.1, 0.15) is 53.9 Å². The fourth-order valence-corrected chi connectivity index (χ4v) is 4.05. The summed E-state index contributed by atoms with van der Waals surface area (Å²) in [7, 11) is 0. The number of fused-ring (bicyclic) bond motifs is 1. The van der Waals surface area contributed by atoms with Gasteiger partial charge in [0.2, 0.25) is 5.91 Å². The fourth-order valence-electron chi connectivity index (χ4n) is 2.48. The first-order chi connectivity index (χ1) is 10.4. The number of nitrogens with one attached hydrogen (secondary N) is 2. The second-order valence-electron chi connectivity index (χ2n) is 5.73. The van der Waals surface area contributed by atoms with Crippen molar-refractivity contribution in [3.63, 3.8) is 0 Å². The van der Waals surface area contributed by atoms with Crippen molar-refractivity contribution in [3.05, 3.63) is 16.0 Å². The molecule has 2 amide bonds. The van der Waals surface area contributed by atoms with Crippen molar-refractivity contribution < 1.29 is 9.59 Å². The van der Waals surface area contributed by atoms with Gasteiger partial charge in [-0.15, -0.1) is 11.3 Å². The van der Waals surface area contributed by atoms with E-state index in [0.717, 1.165) is 31.2 Å². The Hall–Kier alpha value is -1.47. The minimum absolute atomic E-state index is 0.156. The summed E-state index contributed by atoms with van der Waals surface area (Å²) in [6.07, 6.45) is 5.20. The van der Waals surface area contributed by atoms with E-state index in [2.05, 4.69) is 10.6 Å². The van der Waals surface area contributed by atoms with E-state index in [4.69, 9.17) is 18.0 Å². The number of rotatable bonds is 3. The average molecular weight is 339 g/mol. The monoisotopic (exact) mass is 339 g/mol. The maximum absolute atomic E-state index is 11.8. The molecule has 0 unspecified atom stereocenters. The van der Waals surface area contributed by atoms with Crippen LogP contribution in [0.3, 0.4) is 0 Å². The molecule has 1 aliphatic carbocycles. The first kappa shape index (κ1) is 16.9. The number of carbonyl (C=O) groups excluding carboxylic acids is 2. The summed E-state index contributed by atoms with van der Waals surface area (Å²) in [6, 6.07) is 0. The van der Waals surface area contributed by atoms with E-state index in [1.54, 1.807) is 13.8 Å². The van der Waals surface area contributed by atoms with Crippen LogP contribution in [0.2, 0.25) is 0 Å². The number of hydrogen-bond acceptors (Lipinski definition) is 4. The summed E-state index contributed by atoms with van der Waals surface area (Å²) >= 11 is 6.67. The highest BCUT2D eigenvalue weighted by Gasteiger charge is 2.24. The quantitative estimate of drug-likeness (QED) is 0.584. The molecule has 0 aliphatic heterocycles. The van der Waals surface area contributed by atoms with E-state index in [0.29, 0.717) is 10.6 Å². The number of nitrogens with two attached hydrogens (primary N) is 1. The Morgan fingerprint density at radius 3 is 2.55 bits per heavy atom. The zero-order valence-corrected chi connectivity index (χ0v) is 14.5. The molecule has 0 atom stereocenters. The van der Waals surface area contributed by atoms with Gasteiger partial charge in [-0.1, -0.05) is 20.3 Å². The van der Waals surface area contributed by atoms with Crippen LogP contribution in [0, 0.1) is 5.92 Å². The Morgan fingerprint density at radius 2 is 1.91 bits per heavy atom. The zero-order chi connectivity index (χ0) is 16.3. The highest BCUT2D eigenvalue weighted by Crippen LogP contribution is 2.37. The Kier molecular flexibility index (Phi) is 5.52. The second-order valence-corrected chi connectivity index (χ2v) is 7.24. The highest BCUT2D eigenvalue weighted by molar-refractivity contribution is 7.80. The summed E-state index contributed by atoms with van der Waals surface area (Å²) in [5, 5.41) is 6.45. The van der Waals surface area contributed by atoms with Crippen molar-refractivity contribution in [3.8, 4) is 0 Å². The molecule has 0 spiro atoms. The van der Waals surface area contributed by atoms with Gasteiger partial charge in [0.05, 0.1) is 5.56 Å². The molecule has 4 N–H and O–H groups in total. The minimum Gasteiger partial charge on any atom is -0.365 e. The summed E-state index contributed by atoms with van der Waals surface area (Å²) in [4.78, 5) is 24.7. The molecule has 0 radical (unpaired) electrons. The van der Waals surface area contributed by atoms with Gasteiger partial charge in [0.15, 0.2) is 5.11 Å². The predicted molar refractivity (Wildman–Crippen MR) is 93.3 cm³/mol. The van der Waals surface area contributed by atoms with E-state index in [1.165, 1.54) is 22.6 Å². The zero-order valence-electron chi connectivity index (χ0n) is 12.8.